The maximum Gasteiger partial charge on any atom is 0.166 e. The summed E-state index contributed by atoms with van der Waals surface area (Å²) in [5, 5.41) is 8.46. The molecule has 0 heterocycles. The summed E-state index contributed by atoms with van der Waals surface area (Å²) in [6.45, 7) is 5.12. The number of unbranched alkanes of at least 4 members (excludes halogenated alkanes) is 4. The summed E-state index contributed by atoms with van der Waals surface area (Å²) in [6.07, 6.45) is 6.50. The van der Waals surface area contributed by atoms with Crippen LogP contribution in [0, 0.1) is 11.3 Å². The van der Waals surface area contributed by atoms with Crippen molar-refractivity contribution in [3.05, 3.63) is 0 Å². The number of nitrogens with zero attached hydrogens (tertiary/aromatic N) is 1. The summed E-state index contributed by atoms with van der Waals surface area (Å²) in [5.74, 6) is 0.694. The minimum absolute atomic E-state index is 0.0226. The van der Waals surface area contributed by atoms with Crippen LogP contribution >= 0.6 is 11.8 Å². The molecule has 0 amide bonds. The van der Waals surface area contributed by atoms with Crippen molar-refractivity contribution >= 4 is 18.0 Å². The molecule has 1 atom stereocenters. The fourth-order valence-corrected chi connectivity index (χ4v) is 2.82. The molecular formula is C15H27NO3S. The molecule has 0 fully saturated rings. The average molecular weight is 301 g/mol. The largest absolute Gasteiger partial charge is 0.352 e. The van der Waals surface area contributed by atoms with Crippen LogP contribution in [0.3, 0.4) is 0 Å². The Morgan fingerprint density at radius 3 is 2.35 bits per heavy atom. The third kappa shape index (κ3) is 11.3. The Balaban J connectivity index is 3.73. The molecule has 4 nitrogen and oxygen atoms in total. The highest BCUT2D eigenvalue weighted by Gasteiger charge is 2.13. The van der Waals surface area contributed by atoms with Gasteiger partial charge in [-0.05, 0) is 26.7 Å². The van der Waals surface area contributed by atoms with Crippen molar-refractivity contribution in [3.8, 4) is 6.07 Å². The molecule has 0 radical (unpaired) electrons. The Morgan fingerprint density at radius 1 is 1.15 bits per heavy atom. The standard InChI is InChI=1S/C15H27NO3S/c1-3-18-15(19-4-2)13-20-14(12-17)10-8-6-5-7-9-11-16/h12,14-15H,3-10,13H2,1-2H3. The van der Waals surface area contributed by atoms with Gasteiger partial charge in [0.25, 0.3) is 0 Å². The van der Waals surface area contributed by atoms with E-state index in [1.807, 2.05) is 13.8 Å². The van der Waals surface area contributed by atoms with Gasteiger partial charge in [0, 0.05) is 25.4 Å². The summed E-state index contributed by atoms with van der Waals surface area (Å²) < 4.78 is 10.9. The summed E-state index contributed by atoms with van der Waals surface area (Å²) in [4.78, 5) is 11.1. The van der Waals surface area contributed by atoms with Crippen LogP contribution in [-0.2, 0) is 14.3 Å². The van der Waals surface area contributed by atoms with Crippen LogP contribution in [-0.4, -0.2) is 36.8 Å². The summed E-state index contributed by atoms with van der Waals surface area (Å²) >= 11 is 1.61. The Hall–Kier alpha value is -0.570. The van der Waals surface area contributed by atoms with E-state index in [0.717, 1.165) is 38.4 Å². The molecule has 0 N–H and O–H groups in total. The molecule has 20 heavy (non-hydrogen) atoms. The first-order valence-electron chi connectivity index (χ1n) is 7.45. The number of carbonyl (C=O) groups is 1. The lowest BCUT2D eigenvalue weighted by Gasteiger charge is -2.18. The number of hydrogen-bond donors (Lipinski definition) is 0. The van der Waals surface area contributed by atoms with E-state index < -0.39 is 0 Å². The summed E-state index contributed by atoms with van der Waals surface area (Å²) in [6, 6.07) is 2.15. The Morgan fingerprint density at radius 2 is 1.80 bits per heavy atom. The SMILES string of the molecule is CCOC(CSC(C=O)CCCCCCC#N)OCC. The molecule has 5 heteroatoms. The smallest absolute Gasteiger partial charge is 0.166 e. The monoisotopic (exact) mass is 301 g/mol. The van der Waals surface area contributed by atoms with Crippen LogP contribution in [0.2, 0.25) is 0 Å². The van der Waals surface area contributed by atoms with Crippen LogP contribution in [0.4, 0.5) is 0 Å². The Kier molecular flexibility index (Phi) is 14.4. The van der Waals surface area contributed by atoms with E-state index in [2.05, 4.69) is 6.07 Å². The van der Waals surface area contributed by atoms with Gasteiger partial charge in [-0.25, -0.2) is 0 Å². The molecule has 0 saturated heterocycles. The van der Waals surface area contributed by atoms with Gasteiger partial charge in [-0.15, -0.1) is 11.8 Å². The van der Waals surface area contributed by atoms with Gasteiger partial charge in [-0.1, -0.05) is 19.3 Å². The van der Waals surface area contributed by atoms with Crippen molar-refractivity contribution < 1.29 is 14.3 Å². The number of aldehydes is 1. The number of ether oxygens (including phenoxy) is 2. The van der Waals surface area contributed by atoms with E-state index in [1.165, 1.54) is 0 Å². The van der Waals surface area contributed by atoms with Crippen molar-refractivity contribution in [1.82, 2.24) is 0 Å². The molecule has 0 aliphatic heterocycles. The lowest BCUT2D eigenvalue weighted by Crippen LogP contribution is -2.22. The summed E-state index contributed by atoms with van der Waals surface area (Å²) in [5.41, 5.74) is 0. The number of carbonyl (C=O) groups excluding carboxylic acids is 1. The molecule has 0 rings (SSSR count). The minimum Gasteiger partial charge on any atom is -0.352 e. The zero-order valence-electron chi connectivity index (χ0n) is 12.7. The maximum absolute atomic E-state index is 11.1. The first-order valence-corrected chi connectivity index (χ1v) is 8.50. The molecular weight excluding hydrogens is 274 g/mol. The predicted octanol–water partition coefficient (Wildman–Crippen LogP) is 3.55. The zero-order chi connectivity index (χ0) is 15.1. The van der Waals surface area contributed by atoms with E-state index in [0.29, 0.717) is 25.4 Å². The summed E-state index contributed by atoms with van der Waals surface area (Å²) in [7, 11) is 0. The molecule has 0 bridgehead atoms. The molecule has 116 valence electrons. The molecule has 0 saturated carbocycles. The van der Waals surface area contributed by atoms with Crippen molar-refractivity contribution in [1.29, 1.82) is 5.26 Å². The molecule has 0 aromatic carbocycles. The van der Waals surface area contributed by atoms with Gasteiger partial charge >= 0.3 is 0 Å². The van der Waals surface area contributed by atoms with Gasteiger partial charge in [0.05, 0.1) is 11.3 Å². The van der Waals surface area contributed by atoms with Crippen LogP contribution in [0.1, 0.15) is 52.4 Å². The second-order valence-corrected chi connectivity index (χ2v) is 5.73. The first-order chi connectivity index (χ1) is 9.78. The van der Waals surface area contributed by atoms with E-state index in [1.54, 1.807) is 11.8 Å². The number of hydrogen-bond acceptors (Lipinski definition) is 5. The van der Waals surface area contributed by atoms with Gasteiger partial charge in [0.1, 0.15) is 6.29 Å². The van der Waals surface area contributed by atoms with Crippen LogP contribution in [0.15, 0.2) is 0 Å². The number of rotatable bonds is 14. The third-order valence-corrected chi connectivity index (χ3v) is 4.07. The zero-order valence-corrected chi connectivity index (χ0v) is 13.5. The quantitative estimate of drug-likeness (QED) is 0.279. The predicted molar refractivity (Wildman–Crippen MR) is 82.7 cm³/mol. The molecule has 0 spiro atoms. The van der Waals surface area contributed by atoms with Gasteiger partial charge in [0.2, 0.25) is 0 Å². The molecule has 1 unspecified atom stereocenters. The van der Waals surface area contributed by atoms with Crippen LogP contribution < -0.4 is 0 Å². The topological polar surface area (TPSA) is 59.3 Å². The number of thioether (sulfide) groups is 1. The van der Waals surface area contributed by atoms with Gasteiger partial charge in [-0.2, -0.15) is 5.26 Å². The maximum atomic E-state index is 11.1. The Bertz CT molecular complexity index is 262. The molecule has 0 aliphatic carbocycles. The lowest BCUT2D eigenvalue weighted by atomic mass is 10.1. The highest BCUT2D eigenvalue weighted by molar-refractivity contribution is 8.00. The highest BCUT2D eigenvalue weighted by Crippen LogP contribution is 2.19. The lowest BCUT2D eigenvalue weighted by molar-refractivity contribution is -0.120. The van der Waals surface area contributed by atoms with Gasteiger partial charge in [-0.3, -0.25) is 0 Å². The highest BCUT2D eigenvalue weighted by atomic mass is 32.2. The molecule has 0 aliphatic rings. The van der Waals surface area contributed by atoms with E-state index in [9.17, 15) is 4.79 Å². The normalized spacial score (nSPS) is 12.3. The van der Waals surface area contributed by atoms with E-state index >= 15 is 0 Å². The third-order valence-electron chi connectivity index (χ3n) is 2.83. The second-order valence-electron chi connectivity index (χ2n) is 4.46. The van der Waals surface area contributed by atoms with E-state index in [4.69, 9.17) is 14.7 Å². The van der Waals surface area contributed by atoms with Gasteiger partial charge < -0.3 is 14.3 Å². The Labute approximate surface area is 127 Å². The van der Waals surface area contributed by atoms with Crippen molar-refractivity contribution in [2.24, 2.45) is 0 Å². The number of nitriles is 1. The average Bonchev–Trinajstić information content (AvgIpc) is 2.46. The van der Waals surface area contributed by atoms with Gasteiger partial charge in [0.15, 0.2) is 6.29 Å². The van der Waals surface area contributed by atoms with Crippen molar-refractivity contribution in [3.63, 3.8) is 0 Å². The minimum atomic E-state index is -0.215. The van der Waals surface area contributed by atoms with Crippen LogP contribution in [0.25, 0.3) is 0 Å². The fraction of sp³-hybridized carbons (Fsp3) is 0.867. The van der Waals surface area contributed by atoms with Crippen LogP contribution in [0.5, 0.6) is 0 Å². The van der Waals surface area contributed by atoms with Crippen molar-refractivity contribution in [2.45, 2.75) is 63.9 Å². The molecule has 0 aromatic heterocycles. The fourth-order valence-electron chi connectivity index (χ4n) is 1.81. The van der Waals surface area contributed by atoms with Crippen molar-refractivity contribution in [2.75, 3.05) is 19.0 Å². The second kappa shape index (κ2) is 14.8. The first kappa shape index (κ1) is 19.4. The molecule has 0 aromatic rings. The van der Waals surface area contributed by atoms with E-state index in [-0.39, 0.29) is 11.5 Å².